The van der Waals surface area contributed by atoms with Crippen molar-refractivity contribution >= 4 is 16.8 Å². The highest BCUT2D eigenvalue weighted by Crippen LogP contribution is 2.27. The number of nitrogens with zero attached hydrogens (tertiary/aromatic N) is 3. The summed E-state index contributed by atoms with van der Waals surface area (Å²) < 4.78 is 15.1. The van der Waals surface area contributed by atoms with Gasteiger partial charge in [-0.15, -0.1) is 0 Å². The van der Waals surface area contributed by atoms with E-state index in [2.05, 4.69) is 13.8 Å². The normalized spacial score (nSPS) is 12.3. The summed E-state index contributed by atoms with van der Waals surface area (Å²) in [6.45, 7) is 8.68. The molecule has 0 bridgehead atoms. The van der Waals surface area contributed by atoms with Crippen LogP contribution in [0.5, 0.6) is 0 Å². The van der Waals surface area contributed by atoms with Crippen LogP contribution in [0.1, 0.15) is 58.8 Å². The molecule has 0 fully saturated rings. The minimum Gasteiger partial charge on any atom is -0.333 e. The van der Waals surface area contributed by atoms with Gasteiger partial charge in [0.1, 0.15) is 11.6 Å². The van der Waals surface area contributed by atoms with Crippen LogP contribution >= 0.6 is 0 Å². The molecule has 1 unspecified atom stereocenters. The molecule has 3 rings (SSSR count). The van der Waals surface area contributed by atoms with Gasteiger partial charge in [0.2, 0.25) is 5.91 Å². The molecule has 0 N–H and O–H groups in total. The van der Waals surface area contributed by atoms with Crippen molar-refractivity contribution in [1.29, 1.82) is 0 Å². The lowest BCUT2D eigenvalue weighted by Gasteiger charge is -2.32. The molecular formula is C25H30FN3O2. The quantitative estimate of drug-likeness (QED) is 0.497. The highest BCUT2D eigenvalue weighted by Gasteiger charge is 2.28. The first-order valence-electron chi connectivity index (χ1n) is 10.9. The van der Waals surface area contributed by atoms with Gasteiger partial charge in [0.05, 0.1) is 22.6 Å². The van der Waals surface area contributed by atoms with E-state index in [1.165, 1.54) is 16.7 Å². The summed E-state index contributed by atoms with van der Waals surface area (Å²) in [5.41, 5.74) is 0.899. The van der Waals surface area contributed by atoms with Crippen molar-refractivity contribution in [3.05, 3.63) is 70.5 Å². The van der Waals surface area contributed by atoms with Crippen molar-refractivity contribution in [1.82, 2.24) is 14.5 Å². The molecular weight excluding hydrogens is 393 g/mol. The minimum absolute atomic E-state index is 0.0283. The molecule has 1 atom stereocenters. The summed E-state index contributed by atoms with van der Waals surface area (Å²) in [6, 6.07) is 12.6. The van der Waals surface area contributed by atoms with Crippen LogP contribution in [0.25, 0.3) is 16.6 Å². The van der Waals surface area contributed by atoms with E-state index in [0.717, 1.165) is 6.42 Å². The van der Waals surface area contributed by atoms with Crippen LogP contribution in [0.3, 0.4) is 0 Å². The van der Waals surface area contributed by atoms with E-state index < -0.39 is 0 Å². The number of fused-ring (bicyclic) bond motifs is 1. The Bertz CT molecular complexity index is 1110. The number of para-hydroxylation sites is 1. The zero-order valence-electron chi connectivity index (χ0n) is 18.6. The molecule has 0 radical (unpaired) electrons. The molecule has 0 aliphatic carbocycles. The zero-order chi connectivity index (χ0) is 22.5. The summed E-state index contributed by atoms with van der Waals surface area (Å²) in [6.07, 6.45) is 1.84. The summed E-state index contributed by atoms with van der Waals surface area (Å²) in [5.74, 6) is 0.594. The number of amides is 1. The molecule has 0 spiro atoms. The van der Waals surface area contributed by atoms with Crippen LogP contribution in [-0.4, -0.2) is 26.9 Å². The molecule has 0 saturated heterocycles. The molecule has 0 aliphatic heterocycles. The molecule has 1 amide bonds. The Morgan fingerprint density at radius 2 is 1.77 bits per heavy atom. The van der Waals surface area contributed by atoms with Gasteiger partial charge < -0.3 is 4.90 Å². The first-order chi connectivity index (χ1) is 14.9. The van der Waals surface area contributed by atoms with Crippen LogP contribution in [0, 0.1) is 11.7 Å². The summed E-state index contributed by atoms with van der Waals surface area (Å²) in [5, 5.41) is 0.487. The third-order valence-electron chi connectivity index (χ3n) is 5.52. The third kappa shape index (κ3) is 4.84. The maximum absolute atomic E-state index is 13.6. The standard InChI is InChI=1S/C25H30FN3O2/c1-5-22(28(23(30)6-2)16-15-17(3)4)24-27-21-10-8-7-9-20(21)25(31)29(24)19-13-11-18(26)12-14-19/h7-14,17,22H,5-6,15-16H2,1-4H3. The predicted octanol–water partition coefficient (Wildman–Crippen LogP) is 5.26. The zero-order valence-corrected chi connectivity index (χ0v) is 18.6. The molecule has 0 saturated carbocycles. The fourth-order valence-electron chi connectivity index (χ4n) is 3.81. The van der Waals surface area contributed by atoms with E-state index >= 15 is 0 Å². The topological polar surface area (TPSA) is 55.2 Å². The van der Waals surface area contributed by atoms with E-state index in [4.69, 9.17) is 4.98 Å². The van der Waals surface area contributed by atoms with Crippen LogP contribution < -0.4 is 5.56 Å². The summed E-state index contributed by atoms with van der Waals surface area (Å²) in [4.78, 5) is 33.1. The van der Waals surface area contributed by atoms with Gasteiger partial charge in [0.25, 0.3) is 5.56 Å². The second-order valence-corrected chi connectivity index (χ2v) is 8.15. The number of benzene rings is 2. The van der Waals surface area contributed by atoms with Gasteiger partial charge in [-0.3, -0.25) is 14.2 Å². The van der Waals surface area contributed by atoms with Gasteiger partial charge in [0, 0.05) is 13.0 Å². The third-order valence-corrected chi connectivity index (χ3v) is 5.52. The Morgan fingerprint density at radius 1 is 1.10 bits per heavy atom. The fourth-order valence-corrected chi connectivity index (χ4v) is 3.81. The first-order valence-corrected chi connectivity index (χ1v) is 10.9. The maximum Gasteiger partial charge on any atom is 0.266 e. The van der Waals surface area contributed by atoms with Gasteiger partial charge >= 0.3 is 0 Å². The molecule has 0 aliphatic rings. The Labute approximate surface area is 182 Å². The molecule has 1 heterocycles. The van der Waals surface area contributed by atoms with Crippen molar-refractivity contribution in [3.63, 3.8) is 0 Å². The average molecular weight is 424 g/mol. The largest absolute Gasteiger partial charge is 0.333 e. The maximum atomic E-state index is 13.6. The molecule has 5 nitrogen and oxygen atoms in total. The van der Waals surface area contributed by atoms with Crippen molar-refractivity contribution in [2.75, 3.05) is 6.54 Å². The van der Waals surface area contributed by atoms with Crippen molar-refractivity contribution in [3.8, 4) is 5.69 Å². The average Bonchev–Trinajstić information content (AvgIpc) is 2.77. The highest BCUT2D eigenvalue weighted by atomic mass is 19.1. The molecule has 1 aromatic heterocycles. The van der Waals surface area contributed by atoms with Gasteiger partial charge in [-0.1, -0.05) is 39.8 Å². The Hall–Kier alpha value is -3.02. The van der Waals surface area contributed by atoms with E-state index in [-0.39, 0.29) is 23.3 Å². The van der Waals surface area contributed by atoms with Crippen LogP contribution in [0.15, 0.2) is 53.3 Å². The first kappa shape index (κ1) is 22.7. The molecule has 3 aromatic rings. The molecule has 164 valence electrons. The lowest BCUT2D eigenvalue weighted by Crippen LogP contribution is -2.39. The van der Waals surface area contributed by atoms with Crippen molar-refractivity contribution in [2.24, 2.45) is 5.92 Å². The van der Waals surface area contributed by atoms with E-state index in [9.17, 15) is 14.0 Å². The number of rotatable bonds is 8. The monoisotopic (exact) mass is 423 g/mol. The van der Waals surface area contributed by atoms with Crippen LogP contribution in [0.4, 0.5) is 4.39 Å². The highest BCUT2D eigenvalue weighted by molar-refractivity contribution is 5.79. The second-order valence-electron chi connectivity index (χ2n) is 8.15. The van der Waals surface area contributed by atoms with Crippen molar-refractivity contribution in [2.45, 2.75) is 53.0 Å². The van der Waals surface area contributed by atoms with Crippen molar-refractivity contribution < 1.29 is 9.18 Å². The summed E-state index contributed by atoms with van der Waals surface area (Å²) >= 11 is 0. The molecule has 31 heavy (non-hydrogen) atoms. The molecule has 2 aromatic carbocycles. The van der Waals surface area contributed by atoms with E-state index in [1.807, 2.05) is 30.9 Å². The second kappa shape index (κ2) is 9.86. The van der Waals surface area contributed by atoms with Gasteiger partial charge in [0.15, 0.2) is 0 Å². The number of aromatic nitrogens is 2. The summed E-state index contributed by atoms with van der Waals surface area (Å²) in [7, 11) is 0. The van der Waals surface area contributed by atoms with Gasteiger partial charge in [-0.25, -0.2) is 9.37 Å². The van der Waals surface area contributed by atoms with E-state index in [0.29, 0.717) is 47.7 Å². The smallest absolute Gasteiger partial charge is 0.266 e. The van der Waals surface area contributed by atoms with Crippen LogP contribution in [0.2, 0.25) is 0 Å². The molecule has 6 heteroatoms. The number of carbonyl (C=O) groups excluding carboxylic acids is 1. The Kier molecular flexibility index (Phi) is 7.21. The minimum atomic E-state index is -0.376. The number of hydrogen-bond acceptors (Lipinski definition) is 3. The van der Waals surface area contributed by atoms with Gasteiger partial charge in [-0.05, 0) is 55.2 Å². The Balaban J connectivity index is 2.26. The predicted molar refractivity (Wildman–Crippen MR) is 122 cm³/mol. The Morgan fingerprint density at radius 3 is 2.39 bits per heavy atom. The fraction of sp³-hybridized carbons (Fsp3) is 0.400. The lowest BCUT2D eigenvalue weighted by molar-refractivity contribution is -0.133. The van der Waals surface area contributed by atoms with Crippen LogP contribution in [-0.2, 0) is 4.79 Å². The number of hydrogen-bond donors (Lipinski definition) is 0. The van der Waals surface area contributed by atoms with E-state index in [1.54, 1.807) is 24.3 Å². The van der Waals surface area contributed by atoms with Gasteiger partial charge in [-0.2, -0.15) is 0 Å². The number of carbonyl (C=O) groups is 1. The lowest BCUT2D eigenvalue weighted by atomic mass is 10.1. The SMILES string of the molecule is CCC(=O)N(CCC(C)C)C(CC)c1nc2ccccc2c(=O)n1-c1ccc(F)cc1. The number of halogens is 1.